The van der Waals surface area contributed by atoms with Gasteiger partial charge in [-0.25, -0.2) is 0 Å². The Bertz CT molecular complexity index is 216. The van der Waals surface area contributed by atoms with Gasteiger partial charge in [0.15, 0.2) is 0 Å². The molecule has 0 bridgehead atoms. The summed E-state index contributed by atoms with van der Waals surface area (Å²) in [7, 11) is 1.78. The van der Waals surface area contributed by atoms with Crippen LogP contribution in [-0.2, 0) is 14.2 Å². The lowest BCUT2D eigenvalue weighted by Gasteiger charge is -2.32. The summed E-state index contributed by atoms with van der Waals surface area (Å²) in [5.74, 6) is 0. The maximum atomic E-state index is 5.60. The predicted octanol–water partition coefficient (Wildman–Crippen LogP) is 0.949. The Morgan fingerprint density at radius 1 is 1.44 bits per heavy atom. The van der Waals surface area contributed by atoms with E-state index in [1.807, 2.05) is 0 Å². The van der Waals surface area contributed by atoms with Crippen molar-refractivity contribution < 1.29 is 14.2 Å². The Hall–Kier alpha value is -0.160. The Balaban J connectivity index is 1.77. The van der Waals surface area contributed by atoms with Gasteiger partial charge in [-0.1, -0.05) is 0 Å². The molecule has 1 N–H and O–H groups in total. The number of rotatable bonds is 4. The number of hydrogen-bond donors (Lipinski definition) is 1. The van der Waals surface area contributed by atoms with Crippen LogP contribution in [0.1, 0.15) is 26.2 Å². The number of hydrogen-bond acceptors (Lipinski definition) is 4. The summed E-state index contributed by atoms with van der Waals surface area (Å²) >= 11 is 0. The van der Waals surface area contributed by atoms with Crippen molar-refractivity contribution in [1.29, 1.82) is 0 Å². The second-order valence-electron chi connectivity index (χ2n) is 4.97. The van der Waals surface area contributed by atoms with Crippen molar-refractivity contribution in [3.05, 3.63) is 0 Å². The van der Waals surface area contributed by atoms with Crippen LogP contribution in [0.15, 0.2) is 0 Å². The fourth-order valence-electron chi connectivity index (χ4n) is 2.47. The second-order valence-corrected chi connectivity index (χ2v) is 4.97. The highest BCUT2D eigenvalue weighted by Crippen LogP contribution is 2.22. The SMILES string of the molecule is COC1(CNC2CCOC(C)C2)CCOC1. The second kappa shape index (κ2) is 5.45. The Morgan fingerprint density at radius 2 is 2.31 bits per heavy atom. The molecule has 3 atom stereocenters. The number of ether oxygens (including phenoxy) is 3. The fraction of sp³-hybridized carbons (Fsp3) is 1.00. The van der Waals surface area contributed by atoms with Crippen LogP contribution in [0.5, 0.6) is 0 Å². The van der Waals surface area contributed by atoms with E-state index >= 15 is 0 Å². The molecule has 2 saturated heterocycles. The van der Waals surface area contributed by atoms with E-state index in [9.17, 15) is 0 Å². The van der Waals surface area contributed by atoms with Gasteiger partial charge in [-0.15, -0.1) is 0 Å². The van der Waals surface area contributed by atoms with Gasteiger partial charge in [0.2, 0.25) is 0 Å². The van der Waals surface area contributed by atoms with Crippen LogP contribution in [-0.4, -0.2) is 51.2 Å². The summed E-state index contributed by atoms with van der Waals surface area (Å²) < 4.78 is 16.6. The largest absolute Gasteiger partial charge is 0.378 e. The molecule has 3 unspecified atom stereocenters. The van der Waals surface area contributed by atoms with Crippen LogP contribution in [0.4, 0.5) is 0 Å². The Morgan fingerprint density at radius 3 is 2.94 bits per heavy atom. The van der Waals surface area contributed by atoms with E-state index in [4.69, 9.17) is 14.2 Å². The summed E-state index contributed by atoms with van der Waals surface area (Å²) in [6.45, 7) is 5.43. The van der Waals surface area contributed by atoms with Gasteiger partial charge in [0.25, 0.3) is 0 Å². The molecule has 2 aliphatic heterocycles. The van der Waals surface area contributed by atoms with Crippen molar-refractivity contribution in [3.8, 4) is 0 Å². The number of nitrogens with one attached hydrogen (secondary N) is 1. The van der Waals surface area contributed by atoms with Crippen molar-refractivity contribution >= 4 is 0 Å². The minimum absolute atomic E-state index is 0.0957. The van der Waals surface area contributed by atoms with Crippen molar-refractivity contribution in [3.63, 3.8) is 0 Å². The van der Waals surface area contributed by atoms with Crippen molar-refractivity contribution in [2.24, 2.45) is 0 Å². The van der Waals surface area contributed by atoms with Crippen LogP contribution in [0, 0.1) is 0 Å². The minimum atomic E-state index is -0.0957. The molecule has 4 nitrogen and oxygen atoms in total. The third kappa shape index (κ3) is 2.94. The van der Waals surface area contributed by atoms with Crippen LogP contribution >= 0.6 is 0 Å². The zero-order valence-electron chi connectivity index (χ0n) is 10.3. The molecule has 0 aromatic heterocycles. The lowest BCUT2D eigenvalue weighted by Crippen LogP contribution is -2.48. The molecule has 2 heterocycles. The van der Waals surface area contributed by atoms with Crippen LogP contribution < -0.4 is 5.32 Å². The first-order valence-electron chi connectivity index (χ1n) is 6.22. The van der Waals surface area contributed by atoms with E-state index in [1.165, 1.54) is 0 Å². The van der Waals surface area contributed by atoms with Gasteiger partial charge in [-0.2, -0.15) is 0 Å². The van der Waals surface area contributed by atoms with E-state index in [2.05, 4.69) is 12.2 Å². The van der Waals surface area contributed by atoms with Crippen molar-refractivity contribution in [1.82, 2.24) is 5.32 Å². The third-order valence-corrected chi connectivity index (χ3v) is 3.70. The van der Waals surface area contributed by atoms with Gasteiger partial charge in [-0.05, 0) is 19.8 Å². The first kappa shape index (κ1) is 12.3. The summed E-state index contributed by atoms with van der Waals surface area (Å²) in [4.78, 5) is 0. The van der Waals surface area contributed by atoms with E-state index < -0.39 is 0 Å². The van der Waals surface area contributed by atoms with Crippen molar-refractivity contribution in [2.45, 2.75) is 43.9 Å². The molecule has 0 aliphatic carbocycles. The lowest BCUT2D eigenvalue weighted by molar-refractivity contribution is -0.0269. The molecule has 0 spiro atoms. The minimum Gasteiger partial charge on any atom is -0.378 e. The molecule has 2 rings (SSSR count). The molecule has 4 heteroatoms. The molecular formula is C12H23NO3. The van der Waals surface area contributed by atoms with Crippen LogP contribution in [0.3, 0.4) is 0 Å². The average Bonchev–Trinajstić information content (AvgIpc) is 2.76. The standard InChI is InChI=1S/C12H23NO3/c1-10-7-11(3-5-16-10)13-8-12(14-2)4-6-15-9-12/h10-11,13H,3-9H2,1-2H3. The Labute approximate surface area is 97.6 Å². The molecular weight excluding hydrogens is 206 g/mol. The number of methoxy groups -OCH3 is 1. The molecule has 16 heavy (non-hydrogen) atoms. The lowest BCUT2D eigenvalue weighted by atomic mass is 10.00. The summed E-state index contributed by atoms with van der Waals surface area (Å²) in [5.41, 5.74) is -0.0957. The van der Waals surface area contributed by atoms with E-state index in [1.54, 1.807) is 7.11 Å². The molecule has 0 radical (unpaired) electrons. The fourth-order valence-corrected chi connectivity index (χ4v) is 2.47. The molecule has 0 saturated carbocycles. The molecule has 0 aromatic rings. The predicted molar refractivity (Wildman–Crippen MR) is 61.6 cm³/mol. The zero-order valence-corrected chi connectivity index (χ0v) is 10.3. The molecule has 2 fully saturated rings. The maximum Gasteiger partial charge on any atom is 0.106 e. The van der Waals surface area contributed by atoms with Gasteiger partial charge >= 0.3 is 0 Å². The van der Waals surface area contributed by atoms with Crippen LogP contribution in [0.25, 0.3) is 0 Å². The summed E-state index contributed by atoms with van der Waals surface area (Å²) in [6.07, 6.45) is 3.57. The summed E-state index contributed by atoms with van der Waals surface area (Å²) in [6, 6.07) is 0.566. The molecule has 94 valence electrons. The third-order valence-electron chi connectivity index (χ3n) is 3.70. The molecule has 2 aliphatic rings. The highest BCUT2D eigenvalue weighted by molar-refractivity contribution is 4.89. The topological polar surface area (TPSA) is 39.7 Å². The van der Waals surface area contributed by atoms with Gasteiger partial charge < -0.3 is 19.5 Å². The first-order chi connectivity index (χ1) is 7.74. The first-order valence-corrected chi connectivity index (χ1v) is 6.22. The smallest absolute Gasteiger partial charge is 0.106 e. The monoisotopic (exact) mass is 229 g/mol. The molecule has 0 aromatic carbocycles. The van der Waals surface area contributed by atoms with Gasteiger partial charge in [0.05, 0.1) is 12.7 Å². The van der Waals surface area contributed by atoms with Gasteiger partial charge in [0, 0.05) is 39.3 Å². The normalized spacial score (nSPS) is 40.1. The summed E-state index contributed by atoms with van der Waals surface area (Å²) in [5, 5.41) is 3.60. The van der Waals surface area contributed by atoms with Gasteiger partial charge in [-0.3, -0.25) is 0 Å². The zero-order chi connectivity index (χ0) is 11.4. The van der Waals surface area contributed by atoms with Crippen LogP contribution in [0.2, 0.25) is 0 Å². The van der Waals surface area contributed by atoms with E-state index in [0.29, 0.717) is 12.1 Å². The molecule has 0 amide bonds. The van der Waals surface area contributed by atoms with E-state index in [-0.39, 0.29) is 5.60 Å². The van der Waals surface area contributed by atoms with E-state index in [0.717, 1.165) is 45.6 Å². The Kier molecular flexibility index (Phi) is 4.19. The highest BCUT2D eigenvalue weighted by atomic mass is 16.5. The van der Waals surface area contributed by atoms with Crippen molar-refractivity contribution in [2.75, 3.05) is 33.5 Å². The maximum absolute atomic E-state index is 5.60. The van der Waals surface area contributed by atoms with Gasteiger partial charge in [0.1, 0.15) is 5.60 Å². The average molecular weight is 229 g/mol. The highest BCUT2D eigenvalue weighted by Gasteiger charge is 2.35. The quantitative estimate of drug-likeness (QED) is 0.779.